The van der Waals surface area contributed by atoms with E-state index in [9.17, 15) is 4.79 Å². The number of hydrogen-bond donors (Lipinski definition) is 1. The summed E-state index contributed by atoms with van der Waals surface area (Å²) in [5.41, 5.74) is -0.136. The molecule has 112 valence electrons. The van der Waals surface area contributed by atoms with Crippen LogP contribution in [0.3, 0.4) is 0 Å². The van der Waals surface area contributed by atoms with Crippen molar-refractivity contribution in [1.82, 2.24) is 5.32 Å². The second-order valence-corrected chi connectivity index (χ2v) is 4.96. The minimum Gasteiger partial charge on any atom is -0.493 e. The fraction of sp³-hybridized carbons (Fsp3) is 0.500. The Labute approximate surface area is 129 Å². The predicted octanol–water partition coefficient (Wildman–Crippen LogP) is 3.06. The van der Waals surface area contributed by atoms with Gasteiger partial charge in [-0.3, -0.25) is 4.79 Å². The second-order valence-electron chi connectivity index (χ2n) is 4.43. The van der Waals surface area contributed by atoms with Crippen LogP contribution in [0, 0.1) is 0 Å². The van der Waals surface area contributed by atoms with E-state index in [1.807, 2.05) is 6.92 Å². The lowest BCUT2D eigenvalue weighted by Crippen LogP contribution is -2.51. The van der Waals surface area contributed by atoms with Gasteiger partial charge in [-0.1, -0.05) is 6.92 Å². The van der Waals surface area contributed by atoms with Crippen molar-refractivity contribution in [2.45, 2.75) is 18.9 Å². The summed E-state index contributed by atoms with van der Waals surface area (Å²) in [5.74, 6) is 1.34. The summed E-state index contributed by atoms with van der Waals surface area (Å²) >= 11 is 11.8. The average Bonchev–Trinajstić information content (AvgIpc) is 2.51. The summed E-state index contributed by atoms with van der Waals surface area (Å²) < 4.78 is 10.3. The highest BCUT2D eigenvalue weighted by atomic mass is 35.5. The van der Waals surface area contributed by atoms with Gasteiger partial charge in [0.05, 0.1) is 19.8 Å². The van der Waals surface area contributed by atoms with Gasteiger partial charge < -0.3 is 14.8 Å². The Balaban J connectivity index is 2.98. The Morgan fingerprint density at radius 2 is 1.80 bits per heavy atom. The summed E-state index contributed by atoms with van der Waals surface area (Å²) in [6.45, 7) is 1.93. The summed E-state index contributed by atoms with van der Waals surface area (Å²) in [5, 5.41) is 2.89. The highest BCUT2D eigenvalue weighted by molar-refractivity contribution is 6.22. The molecule has 4 nitrogen and oxygen atoms in total. The summed E-state index contributed by atoms with van der Waals surface area (Å²) in [6, 6.07) is 4.97. The number of carbonyl (C=O) groups is 1. The highest BCUT2D eigenvalue weighted by Crippen LogP contribution is 2.28. The van der Waals surface area contributed by atoms with Gasteiger partial charge in [-0.05, 0) is 24.6 Å². The first-order valence-corrected chi connectivity index (χ1v) is 7.29. The smallest absolute Gasteiger partial charge is 0.251 e. The number of ether oxygens (including phenoxy) is 2. The van der Waals surface area contributed by atoms with Gasteiger partial charge in [0, 0.05) is 17.3 Å². The van der Waals surface area contributed by atoms with Crippen LogP contribution in [0.25, 0.3) is 0 Å². The summed E-state index contributed by atoms with van der Waals surface area (Å²) in [4.78, 5) is 12.3. The molecule has 1 rings (SSSR count). The number of halogens is 2. The first-order chi connectivity index (χ1) is 9.55. The van der Waals surface area contributed by atoms with Gasteiger partial charge in [0.25, 0.3) is 5.91 Å². The van der Waals surface area contributed by atoms with Crippen molar-refractivity contribution >= 4 is 29.1 Å². The third-order valence-electron chi connectivity index (χ3n) is 3.21. The molecular weight excluding hydrogens is 301 g/mol. The highest BCUT2D eigenvalue weighted by Gasteiger charge is 2.28. The molecule has 0 spiro atoms. The fourth-order valence-corrected chi connectivity index (χ4v) is 2.47. The van der Waals surface area contributed by atoms with E-state index in [0.717, 1.165) is 0 Å². The van der Waals surface area contributed by atoms with Crippen molar-refractivity contribution in [2.75, 3.05) is 26.0 Å². The zero-order valence-electron chi connectivity index (χ0n) is 11.8. The minimum atomic E-state index is -0.604. The van der Waals surface area contributed by atoms with E-state index in [2.05, 4.69) is 5.32 Å². The molecule has 1 N–H and O–H groups in total. The van der Waals surface area contributed by atoms with Gasteiger partial charge in [-0.2, -0.15) is 0 Å². The summed E-state index contributed by atoms with van der Waals surface area (Å²) in [6.07, 6.45) is 0.652. The van der Waals surface area contributed by atoms with E-state index in [4.69, 9.17) is 32.7 Å². The van der Waals surface area contributed by atoms with Gasteiger partial charge in [-0.15, -0.1) is 23.2 Å². The Hall–Kier alpha value is -1.13. The van der Waals surface area contributed by atoms with E-state index in [-0.39, 0.29) is 17.7 Å². The molecule has 0 fully saturated rings. The number of methoxy groups -OCH3 is 2. The predicted molar refractivity (Wildman–Crippen MR) is 81.5 cm³/mol. The lowest BCUT2D eigenvalue weighted by molar-refractivity contribution is 0.0913. The third kappa shape index (κ3) is 3.70. The molecular formula is C14H19Cl2NO3. The zero-order valence-corrected chi connectivity index (χ0v) is 13.3. The number of rotatable bonds is 7. The van der Waals surface area contributed by atoms with Crippen LogP contribution in [0.5, 0.6) is 11.5 Å². The number of alkyl halides is 2. The molecule has 0 unspecified atom stereocenters. The molecule has 1 amide bonds. The topological polar surface area (TPSA) is 47.6 Å². The Kier molecular flexibility index (Phi) is 6.43. The molecule has 1 aromatic carbocycles. The van der Waals surface area contributed by atoms with Crippen LogP contribution in [0.4, 0.5) is 0 Å². The van der Waals surface area contributed by atoms with E-state index in [1.54, 1.807) is 25.3 Å². The van der Waals surface area contributed by atoms with E-state index >= 15 is 0 Å². The maximum Gasteiger partial charge on any atom is 0.251 e. The molecule has 0 heterocycles. The van der Waals surface area contributed by atoms with Crippen LogP contribution in [0.15, 0.2) is 18.2 Å². The molecule has 0 aliphatic carbocycles. The Morgan fingerprint density at radius 3 is 2.25 bits per heavy atom. The van der Waals surface area contributed by atoms with Crippen LogP contribution in [0.2, 0.25) is 0 Å². The van der Waals surface area contributed by atoms with Crippen molar-refractivity contribution in [1.29, 1.82) is 0 Å². The number of nitrogens with one attached hydrogen (secondary N) is 1. The number of benzene rings is 1. The first-order valence-electron chi connectivity index (χ1n) is 6.22. The standard InChI is InChI=1S/C14H19Cl2NO3/c1-4-14(8-15,9-16)17-13(18)10-5-6-11(19-2)12(7-10)20-3/h5-7H,4,8-9H2,1-3H3,(H,17,18). The number of amides is 1. The molecule has 1 aromatic rings. The Morgan fingerprint density at radius 1 is 1.20 bits per heavy atom. The second kappa shape index (κ2) is 7.60. The van der Waals surface area contributed by atoms with Crippen molar-refractivity contribution < 1.29 is 14.3 Å². The largest absolute Gasteiger partial charge is 0.493 e. The van der Waals surface area contributed by atoms with Gasteiger partial charge in [0.2, 0.25) is 0 Å². The molecule has 0 aliphatic heterocycles. The van der Waals surface area contributed by atoms with Crippen molar-refractivity contribution in [3.63, 3.8) is 0 Å². The molecule has 20 heavy (non-hydrogen) atoms. The fourth-order valence-electron chi connectivity index (χ4n) is 1.67. The quantitative estimate of drug-likeness (QED) is 0.786. The monoisotopic (exact) mass is 319 g/mol. The van der Waals surface area contributed by atoms with Crippen molar-refractivity contribution in [3.8, 4) is 11.5 Å². The number of carbonyl (C=O) groups excluding carboxylic acids is 1. The zero-order chi connectivity index (χ0) is 15.2. The lowest BCUT2D eigenvalue weighted by atomic mass is 10.0. The molecule has 0 saturated carbocycles. The normalized spacial score (nSPS) is 11.1. The lowest BCUT2D eigenvalue weighted by Gasteiger charge is -2.29. The van der Waals surface area contributed by atoms with Gasteiger partial charge >= 0.3 is 0 Å². The first kappa shape index (κ1) is 16.9. The van der Waals surface area contributed by atoms with Crippen LogP contribution in [-0.2, 0) is 0 Å². The SMILES string of the molecule is CCC(CCl)(CCl)NC(=O)c1ccc(OC)c(OC)c1. The van der Waals surface area contributed by atoms with E-state index in [1.165, 1.54) is 7.11 Å². The van der Waals surface area contributed by atoms with Gasteiger partial charge in [0.1, 0.15) is 0 Å². The molecule has 6 heteroatoms. The van der Waals surface area contributed by atoms with Gasteiger partial charge in [0.15, 0.2) is 11.5 Å². The summed E-state index contributed by atoms with van der Waals surface area (Å²) in [7, 11) is 3.06. The maximum absolute atomic E-state index is 12.3. The molecule has 0 bridgehead atoms. The van der Waals surface area contributed by atoms with Crippen LogP contribution in [-0.4, -0.2) is 37.4 Å². The van der Waals surface area contributed by atoms with E-state index in [0.29, 0.717) is 23.5 Å². The minimum absolute atomic E-state index is 0.242. The average molecular weight is 320 g/mol. The third-order valence-corrected chi connectivity index (χ3v) is 4.24. The molecule has 0 aliphatic rings. The molecule has 0 saturated heterocycles. The number of hydrogen-bond acceptors (Lipinski definition) is 3. The maximum atomic E-state index is 12.3. The van der Waals surface area contributed by atoms with Gasteiger partial charge in [-0.25, -0.2) is 0 Å². The van der Waals surface area contributed by atoms with Crippen LogP contribution < -0.4 is 14.8 Å². The van der Waals surface area contributed by atoms with Crippen molar-refractivity contribution in [2.24, 2.45) is 0 Å². The molecule has 0 radical (unpaired) electrons. The van der Waals surface area contributed by atoms with Crippen LogP contribution >= 0.6 is 23.2 Å². The van der Waals surface area contributed by atoms with Crippen molar-refractivity contribution in [3.05, 3.63) is 23.8 Å². The Bertz CT molecular complexity index is 453. The van der Waals surface area contributed by atoms with Crippen LogP contribution in [0.1, 0.15) is 23.7 Å². The van der Waals surface area contributed by atoms with E-state index < -0.39 is 5.54 Å². The molecule has 0 aromatic heterocycles. The molecule has 0 atom stereocenters.